The Balaban J connectivity index is 2.41. The molecule has 1 heterocycles. The maximum absolute atomic E-state index is 11.3. The zero-order valence-corrected chi connectivity index (χ0v) is 12.0. The van der Waals surface area contributed by atoms with Gasteiger partial charge < -0.3 is 5.11 Å². The van der Waals surface area contributed by atoms with Crippen LogP contribution < -0.4 is 0 Å². The quantitative estimate of drug-likeness (QED) is 0.673. The molecule has 1 aromatic heterocycles. The van der Waals surface area contributed by atoms with E-state index in [0.29, 0.717) is 15.9 Å². The number of carbonyl (C=O) groups excluding carboxylic acids is 1. The van der Waals surface area contributed by atoms with Gasteiger partial charge in [0.15, 0.2) is 10.9 Å². The van der Waals surface area contributed by atoms with E-state index in [4.69, 9.17) is 16.7 Å². The minimum absolute atomic E-state index is 0.0489. The first kappa shape index (κ1) is 14.5. The van der Waals surface area contributed by atoms with Crippen molar-refractivity contribution in [3.05, 3.63) is 35.1 Å². The van der Waals surface area contributed by atoms with Crippen molar-refractivity contribution in [1.82, 2.24) is 14.8 Å². The topological polar surface area (TPSA) is 85.1 Å². The Kier molecular flexibility index (Phi) is 4.41. The fourth-order valence-corrected chi connectivity index (χ4v) is 2.22. The Bertz CT molecular complexity index is 654. The van der Waals surface area contributed by atoms with E-state index >= 15 is 0 Å². The van der Waals surface area contributed by atoms with Crippen LogP contribution in [0.15, 0.2) is 29.4 Å². The van der Waals surface area contributed by atoms with Gasteiger partial charge in [-0.15, -0.1) is 5.10 Å². The summed E-state index contributed by atoms with van der Waals surface area (Å²) in [6.45, 7) is 1.35. The number of hydrogen-bond acceptors (Lipinski definition) is 5. The van der Waals surface area contributed by atoms with Crippen LogP contribution in [-0.4, -0.2) is 37.4 Å². The molecule has 104 valence electrons. The van der Waals surface area contributed by atoms with Gasteiger partial charge in [-0.25, -0.2) is 4.68 Å². The molecular weight excluding hydrogens is 302 g/mol. The average Bonchev–Trinajstić information content (AvgIpc) is 2.81. The van der Waals surface area contributed by atoms with Crippen molar-refractivity contribution in [2.24, 2.45) is 0 Å². The lowest BCUT2D eigenvalue weighted by Crippen LogP contribution is -2.03. The van der Waals surface area contributed by atoms with Gasteiger partial charge in [-0.2, -0.15) is 4.98 Å². The second-order valence-corrected chi connectivity index (χ2v) is 5.22. The van der Waals surface area contributed by atoms with Crippen LogP contribution in [0.2, 0.25) is 5.02 Å². The third-order valence-electron chi connectivity index (χ3n) is 2.29. The lowest BCUT2D eigenvalue weighted by molar-refractivity contribution is -0.133. The third kappa shape index (κ3) is 3.37. The molecule has 0 radical (unpaired) electrons. The molecule has 6 nitrogen and oxygen atoms in total. The molecule has 1 N–H and O–H groups in total. The second-order valence-electron chi connectivity index (χ2n) is 3.84. The van der Waals surface area contributed by atoms with Crippen molar-refractivity contribution in [3.8, 4) is 5.69 Å². The number of aromatic nitrogens is 3. The van der Waals surface area contributed by atoms with E-state index < -0.39 is 5.97 Å². The number of ketones is 1. The van der Waals surface area contributed by atoms with Crippen LogP contribution in [0.25, 0.3) is 5.69 Å². The minimum atomic E-state index is -0.968. The number of Topliss-reactive ketones (excluding diaryl/α,β-unsaturated/α-hetero) is 1. The fourth-order valence-electron chi connectivity index (χ4n) is 1.42. The van der Waals surface area contributed by atoms with Gasteiger partial charge in [-0.3, -0.25) is 9.59 Å². The van der Waals surface area contributed by atoms with Crippen molar-refractivity contribution in [2.45, 2.75) is 12.1 Å². The van der Waals surface area contributed by atoms with Crippen LogP contribution >= 0.6 is 23.4 Å². The number of aliphatic carboxylic acids is 1. The molecule has 0 bridgehead atoms. The first-order valence-electron chi connectivity index (χ1n) is 5.56. The molecule has 0 amide bonds. The van der Waals surface area contributed by atoms with Gasteiger partial charge in [0, 0.05) is 11.9 Å². The molecule has 0 fully saturated rings. The summed E-state index contributed by atoms with van der Waals surface area (Å²) in [5.74, 6) is -1.36. The first-order chi connectivity index (χ1) is 9.47. The number of carboxylic acids is 1. The Hall–Kier alpha value is -1.86. The van der Waals surface area contributed by atoms with E-state index in [2.05, 4.69) is 10.1 Å². The highest BCUT2D eigenvalue weighted by atomic mass is 35.5. The average molecular weight is 312 g/mol. The molecular formula is C12H10ClN3O3S. The lowest BCUT2D eigenvalue weighted by Gasteiger charge is -2.04. The van der Waals surface area contributed by atoms with Crippen LogP contribution in [0.5, 0.6) is 0 Å². The van der Waals surface area contributed by atoms with Crippen molar-refractivity contribution in [3.63, 3.8) is 0 Å². The van der Waals surface area contributed by atoms with Crippen LogP contribution in [0.4, 0.5) is 0 Å². The van der Waals surface area contributed by atoms with Gasteiger partial charge >= 0.3 is 5.97 Å². The van der Waals surface area contributed by atoms with Crippen molar-refractivity contribution in [1.29, 1.82) is 0 Å². The van der Waals surface area contributed by atoms with Crippen LogP contribution in [-0.2, 0) is 4.79 Å². The monoisotopic (exact) mass is 311 g/mol. The molecule has 0 spiro atoms. The van der Waals surface area contributed by atoms with E-state index in [9.17, 15) is 9.59 Å². The minimum Gasteiger partial charge on any atom is -0.481 e. The lowest BCUT2D eigenvalue weighted by atomic mass is 10.3. The van der Waals surface area contributed by atoms with Crippen LogP contribution in [0.1, 0.15) is 17.5 Å². The number of rotatable bonds is 5. The predicted octanol–water partition coefficient (Wildman–Crippen LogP) is 2.30. The van der Waals surface area contributed by atoms with E-state index in [0.717, 1.165) is 11.8 Å². The Labute approximate surface area is 123 Å². The van der Waals surface area contributed by atoms with E-state index in [-0.39, 0.29) is 17.4 Å². The first-order valence-corrected chi connectivity index (χ1v) is 6.92. The molecule has 0 aliphatic carbocycles. The maximum Gasteiger partial charge on any atom is 0.313 e. The van der Waals surface area contributed by atoms with Crippen LogP contribution in [0.3, 0.4) is 0 Å². The summed E-state index contributed by atoms with van der Waals surface area (Å²) in [4.78, 5) is 26.0. The van der Waals surface area contributed by atoms with Gasteiger partial charge in [0.1, 0.15) is 0 Å². The van der Waals surface area contributed by atoms with Gasteiger partial charge in [0.05, 0.1) is 11.4 Å². The van der Waals surface area contributed by atoms with Crippen molar-refractivity contribution in [2.75, 3.05) is 5.75 Å². The summed E-state index contributed by atoms with van der Waals surface area (Å²) in [5, 5.41) is 13.7. The summed E-state index contributed by atoms with van der Waals surface area (Å²) >= 11 is 6.81. The summed E-state index contributed by atoms with van der Waals surface area (Å²) in [5.41, 5.74) is 0.655. The predicted molar refractivity (Wildman–Crippen MR) is 74.7 cm³/mol. The zero-order chi connectivity index (χ0) is 14.7. The van der Waals surface area contributed by atoms with E-state index in [1.807, 2.05) is 0 Å². The molecule has 0 saturated carbocycles. The van der Waals surface area contributed by atoms with Crippen molar-refractivity contribution >= 4 is 35.1 Å². The number of thioether (sulfide) groups is 1. The van der Waals surface area contributed by atoms with Crippen molar-refractivity contribution < 1.29 is 14.7 Å². The summed E-state index contributed by atoms with van der Waals surface area (Å²) < 4.78 is 1.43. The van der Waals surface area contributed by atoms with Crippen LogP contribution in [0, 0.1) is 0 Å². The number of carboxylic acid groups (broad SMARTS) is 1. The number of halogens is 1. The largest absolute Gasteiger partial charge is 0.481 e. The smallest absolute Gasteiger partial charge is 0.313 e. The number of nitrogens with zero attached hydrogens (tertiary/aromatic N) is 3. The highest BCUT2D eigenvalue weighted by Crippen LogP contribution is 2.21. The molecule has 0 unspecified atom stereocenters. The molecule has 0 atom stereocenters. The third-order valence-corrected chi connectivity index (χ3v) is 3.45. The molecule has 2 rings (SSSR count). The molecule has 0 saturated heterocycles. The molecule has 20 heavy (non-hydrogen) atoms. The van der Waals surface area contributed by atoms with Gasteiger partial charge in [-0.1, -0.05) is 23.4 Å². The van der Waals surface area contributed by atoms with E-state index in [1.54, 1.807) is 24.3 Å². The molecule has 8 heteroatoms. The second kappa shape index (κ2) is 6.06. The maximum atomic E-state index is 11.3. The van der Waals surface area contributed by atoms with Gasteiger partial charge in [0.2, 0.25) is 5.82 Å². The number of hydrogen-bond donors (Lipinski definition) is 1. The summed E-state index contributed by atoms with van der Waals surface area (Å²) in [6, 6.07) is 6.78. The van der Waals surface area contributed by atoms with Gasteiger partial charge in [0.25, 0.3) is 0 Å². The summed E-state index contributed by atoms with van der Waals surface area (Å²) in [7, 11) is 0. The molecule has 2 aromatic rings. The van der Waals surface area contributed by atoms with E-state index in [1.165, 1.54) is 11.6 Å². The number of benzene rings is 1. The Morgan fingerprint density at radius 2 is 2.00 bits per heavy atom. The standard InChI is InChI=1S/C12H10ClN3O3S/c1-7(17)11-14-12(20-6-10(18)19)16(15-11)9-4-2-8(13)3-5-9/h2-5H,6H2,1H3,(H,18,19). The normalized spacial score (nSPS) is 10.5. The Morgan fingerprint density at radius 3 is 2.55 bits per heavy atom. The Morgan fingerprint density at radius 1 is 1.35 bits per heavy atom. The fraction of sp³-hybridized carbons (Fsp3) is 0.167. The molecule has 1 aromatic carbocycles. The van der Waals surface area contributed by atoms with Gasteiger partial charge in [-0.05, 0) is 24.3 Å². The zero-order valence-electron chi connectivity index (χ0n) is 10.4. The highest BCUT2D eigenvalue weighted by molar-refractivity contribution is 7.99. The SMILES string of the molecule is CC(=O)c1nc(SCC(=O)O)n(-c2ccc(Cl)cc2)n1. The number of carbonyl (C=O) groups is 2. The molecule has 0 aliphatic rings. The summed E-state index contributed by atoms with van der Waals surface area (Å²) in [6.07, 6.45) is 0. The highest BCUT2D eigenvalue weighted by Gasteiger charge is 2.16. The molecule has 0 aliphatic heterocycles.